The maximum atomic E-state index is 11.7. The third kappa shape index (κ3) is 4.39. The number of hydrogen-bond donors (Lipinski definition) is 2. The third-order valence-corrected chi connectivity index (χ3v) is 4.29. The number of carbonyl (C=O) groups excluding carboxylic acids is 1. The average Bonchev–Trinajstić information content (AvgIpc) is 2.74. The predicted molar refractivity (Wildman–Crippen MR) is 73.2 cm³/mol. The number of thiophene rings is 1. The summed E-state index contributed by atoms with van der Waals surface area (Å²) in [6, 6.07) is 4.03. The number of piperazine rings is 1. The maximum Gasteiger partial charge on any atom is 0.234 e. The first-order valence-electron chi connectivity index (χ1n) is 5.68. The summed E-state index contributed by atoms with van der Waals surface area (Å²) in [4.78, 5) is 15.1. The Morgan fingerprint density at radius 1 is 1.47 bits per heavy atom. The van der Waals surface area contributed by atoms with Gasteiger partial charge in [0.2, 0.25) is 5.91 Å². The number of carbonyl (C=O) groups is 1. The van der Waals surface area contributed by atoms with Crippen LogP contribution in [0.2, 0.25) is 0 Å². The van der Waals surface area contributed by atoms with Gasteiger partial charge in [-0.05, 0) is 28.1 Å². The van der Waals surface area contributed by atoms with Crippen molar-refractivity contribution in [1.29, 1.82) is 0 Å². The molecule has 6 heteroatoms. The lowest BCUT2D eigenvalue weighted by Gasteiger charge is -2.26. The first kappa shape index (κ1) is 13.0. The van der Waals surface area contributed by atoms with E-state index in [1.807, 2.05) is 12.1 Å². The Bertz CT molecular complexity index is 377. The molecule has 1 aliphatic rings. The van der Waals surface area contributed by atoms with Crippen LogP contribution in [0.15, 0.2) is 15.9 Å². The van der Waals surface area contributed by atoms with Crippen LogP contribution in [0.4, 0.5) is 0 Å². The predicted octanol–water partition coefficient (Wildman–Crippen LogP) is 1.03. The van der Waals surface area contributed by atoms with Crippen LogP contribution in [0.25, 0.3) is 0 Å². The van der Waals surface area contributed by atoms with E-state index in [-0.39, 0.29) is 5.91 Å². The lowest BCUT2D eigenvalue weighted by atomic mass is 10.3. The average molecular weight is 318 g/mol. The molecule has 0 bridgehead atoms. The molecule has 0 saturated carbocycles. The van der Waals surface area contributed by atoms with Crippen LogP contribution < -0.4 is 10.6 Å². The van der Waals surface area contributed by atoms with E-state index < -0.39 is 0 Å². The van der Waals surface area contributed by atoms with Crippen LogP contribution in [0, 0.1) is 0 Å². The first-order valence-corrected chi connectivity index (χ1v) is 7.29. The highest BCUT2D eigenvalue weighted by molar-refractivity contribution is 9.11. The largest absolute Gasteiger partial charge is 0.350 e. The highest BCUT2D eigenvalue weighted by Crippen LogP contribution is 2.21. The van der Waals surface area contributed by atoms with Crippen LogP contribution in [0.5, 0.6) is 0 Å². The molecule has 1 aromatic rings. The molecule has 1 fully saturated rings. The summed E-state index contributed by atoms with van der Waals surface area (Å²) in [7, 11) is 0. The molecule has 1 saturated heterocycles. The van der Waals surface area contributed by atoms with Crippen LogP contribution in [0.1, 0.15) is 4.88 Å². The van der Waals surface area contributed by atoms with E-state index in [1.54, 1.807) is 11.3 Å². The van der Waals surface area contributed by atoms with Gasteiger partial charge in [0, 0.05) is 31.1 Å². The smallest absolute Gasteiger partial charge is 0.234 e. The van der Waals surface area contributed by atoms with E-state index in [1.165, 1.54) is 4.88 Å². The third-order valence-electron chi connectivity index (χ3n) is 2.67. The Morgan fingerprint density at radius 2 is 2.24 bits per heavy atom. The van der Waals surface area contributed by atoms with E-state index >= 15 is 0 Å². The molecule has 94 valence electrons. The van der Waals surface area contributed by atoms with Crippen LogP contribution in [-0.4, -0.2) is 43.5 Å². The van der Waals surface area contributed by atoms with Crippen molar-refractivity contribution in [2.45, 2.75) is 6.54 Å². The lowest BCUT2D eigenvalue weighted by Crippen LogP contribution is -2.47. The van der Waals surface area contributed by atoms with Crippen LogP contribution >= 0.6 is 27.3 Å². The molecule has 2 heterocycles. The topological polar surface area (TPSA) is 44.4 Å². The van der Waals surface area contributed by atoms with Gasteiger partial charge in [-0.1, -0.05) is 0 Å². The number of hydrogen-bond acceptors (Lipinski definition) is 4. The first-order chi connectivity index (χ1) is 8.24. The molecule has 2 N–H and O–H groups in total. The Hall–Kier alpha value is -0.430. The molecule has 0 aliphatic carbocycles. The van der Waals surface area contributed by atoms with Gasteiger partial charge in [-0.2, -0.15) is 0 Å². The minimum absolute atomic E-state index is 0.108. The normalized spacial score (nSPS) is 17.0. The van der Waals surface area contributed by atoms with E-state index in [4.69, 9.17) is 0 Å². The zero-order valence-corrected chi connectivity index (χ0v) is 11.9. The second-order valence-corrected chi connectivity index (χ2v) is 6.56. The van der Waals surface area contributed by atoms with Crippen molar-refractivity contribution in [3.8, 4) is 0 Å². The Labute approximate surface area is 114 Å². The second kappa shape index (κ2) is 6.49. The van der Waals surface area contributed by atoms with E-state index in [9.17, 15) is 4.79 Å². The number of nitrogens with zero attached hydrogens (tertiary/aromatic N) is 1. The zero-order chi connectivity index (χ0) is 12.1. The van der Waals surface area contributed by atoms with E-state index in [2.05, 4.69) is 31.5 Å². The molecule has 0 radical (unpaired) electrons. The van der Waals surface area contributed by atoms with Crippen molar-refractivity contribution in [3.63, 3.8) is 0 Å². The van der Waals surface area contributed by atoms with Crippen LogP contribution in [0.3, 0.4) is 0 Å². The molecule has 0 spiro atoms. The van der Waals surface area contributed by atoms with Crippen molar-refractivity contribution < 1.29 is 4.79 Å². The van der Waals surface area contributed by atoms with E-state index in [0.717, 1.165) is 30.0 Å². The molecule has 0 unspecified atom stereocenters. The monoisotopic (exact) mass is 317 g/mol. The molecule has 17 heavy (non-hydrogen) atoms. The van der Waals surface area contributed by atoms with Gasteiger partial charge in [0.1, 0.15) is 0 Å². The highest BCUT2D eigenvalue weighted by atomic mass is 79.9. The highest BCUT2D eigenvalue weighted by Gasteiger charge is 2.13. The summed E-state index contributed by atoms with van der Waals surface area (Å²) in [6.07, 6.45) is 0. The summed E-state index contributed by atoms with van der Waals surface area (Å²) >= 11 is 5.06. The van der Waals surface area contributed by atoms with Crippen LogP contribution in [-0.2, 0) is 11.3 Å². The molecule has 0 atom stereocenters. The van der Waals surface area contributed by atoms with Gasteiger partial charge in [0.25, 0.3) is 0 Å². The van der Waals surface area contributed by atoms with Gasteiger partial charge < -0.3 is 10.6 Å². The van der Waals surface area contributed by atoms with E-state index in [0.29, 0.717) is 13.1 Å². The summed E-state index contributed by atoms with van der Waals surface area (Å²) in [6.45, 7) is 5.00. The molecule has 1 aromatic heterocycles. The van der Waals surface area contributed by atoms with Crippen molar-refractivity contribution in [1.82, 2.24) is 15.5 Å². The van der Waals surface area contributed by atoms with Gasteiger partial charge in [-0.25, -0.2) is 0 Å². The van der Waals surface area contributed by atoms with Crippen molar-refractivity contribution in [2.75, 3.05) is 32.7 Å². The molecular weight excluding hydrogens is 302 g/mol. The minimum Gasteiger partial charge on any atom is -0.350 e. The molecular formula is C11H16BrN3OS. The standard InChI is InChI=1S/C11H16BrN3OS/c12-10-2-1-9(17-10)7-14-11(16)8-15-5-3-13-4-6-15/h1-2,13H,3-8H2,(H,14,16). The van der Waals surface area contributed by atoms with Gasteiger partial charge in [0.15, 0.2) is 0 Å². The Kier molecular flexibility index (Phi) is 4.97. The summed E-state index contributed by atoms with van der Waals surface area (Å²) in [5.41, 5.74) is 0. The van der Waals surface area contributed by atoms with Crippen molar-refractivity contribution >= 4 is 33.2 Å². The van der Waals surface area contributed by atoms with Crippen molar-refractivity contribution in [3.05, 3.63) is 20.8 Å². The molecule has 2 rings (SSSR count). The summed E-state index contributed by atoms with van der Waals surface area (Å²) in [5.74, 6) is 0.108. The molecule has 4 nitrogen and oxygen atoms in total. The fourth-order valence-electron chi connectivity index (χ4n) is 1.76. The van der Waals surface area contributed by atoms with Gasteiger partial charge >= 0.3 is 0 Å². The van der Waals surface area contributed by atoms with Gasteiger partial charge in [-0.15, -0.1) is 11.3 Å². The Balaban J connectivity index is 1.70. The van der Waals surface area contributed by atoms with Gasteiger partial charge in [-0.3, -0.25) is 9.69 Å². The fourth-order valence-corrected chi connectivity index (χ4v) is 3.18. The molecule has 1 aliphatic heterocycles. The Morgan fingerprint density at radius 3 is 2.88 bits per heavy atom. The summed E-state index contributed by atoms with van der Waals surface area (Å²) in [5, 5.41) is 6.22. The van der Waals surface area contributed by atoms with Crippen molar-refractivity contribution in [2.24, 2.45) is 0 Å². The number of nitrogens with one attached hydrogen (secondary N) is 2. The number of amides is 1. The van der Waals surface area contributed by atoms with Gasteiger partial charge in [0.05, 0.1) is 16.9 Å². The lowest BCUT2D eigenvalue weighted by molar-refractivity contribution is -0.122. The maximum absolute atomic E-state index is 11.7. The number of halogens is 1. The fraction of sp³-hybridized carbons (Fsp3) is 0.545. The number of rotatable bonds is 4. The molecule has 0 aromatic carbocycles. The zero-order valence-electron chi connectivity index (χ0n) is 9.54. The quantitative estimate of drug-likeness (QED) is 0.872. The SMILES string of the molecule is O=C(CN1CCNCC1)NCc1ccc(Br)s1. The summed E-state index contributed by atoms with van der Waals surface area (Å²) < 4.78 is 1.10. The second-order valence-electron chi connectivity index (χ2n) is 4.01. The minimum atomic E-state index is 0.108. The molecule has 1 amide bonds.